The second kappa shape index (κ2) is 8.22. The Kier molecular flexibility index (Phi) is 5.90. The van der Waals surface area contributed by atoms with E-state index in [-0.39, 0.29) is 22.1 Å². The molecule has 9 heteroatoms. The van der Waals surface area contributed by atoms with Crippen LogP contribution in [-0.2, 0) is 19.6 Å². The summed E-state index contributed by atoms with van der Waals surface area (Å²) in [5.41, 5.74) is 0.581. The molecule has 0 atom stereocenters. The molecule has 0 fully saturated rings. The molecular formula is C20H18F2N2O4S. The zero-order valence-corrected chi connectivity index (χ0v) is 16.5. The van der Waals surface area contributed by atoms with Gasteiger partial charge in [0.2, 0.25) is 15.9 Å². The molecule has 0 saturated heterocycles. The Morgan fingerprint density at radius 1 is 1.03 bits per heavy atom. The highest BCUT2D eigenvalue weighted by atomic mass is 32.2. The van der Waals surface area contributed by atoms with Gasteiger partial charge < -0.3 is 4.74 Å². The summed E-state index contributed by atoms with van der Waals surface area (Å²) in [4.78, 5) is 16.2. The van der Waals surface area contributed by atoms with Crippen molar-refractivity contribution in [1.82, 2.24) is 4.31 Å². The Bertz CT molecular complexity index is 1110. The average Bonchev–Trinajstić information content (AvgIpc) is 3.06. The molecular weight excluding hydrogens is 402 g/mol. The van der Waals surface area contributed by atoms with Crippen LogP contribution in [0.4, 0.5) is 8.78 Å². The van der Waals surface area contributed by atoms with Gasteiger partial charge >= 0.3 is 5.97 Å². The molecule has 152 valence electrons. The maximum Gasteiger partial charge on any atom is 0.363 e. The number of hydrogen-bond acceptors (Lipinski definition) is 5. The van der Waals surface area contributed by atoms with Crippen molar-refractivity contribution in [2.45, 2.75) is 18.7 Å². The van der Waals surface area contributed by atoms with Gasteiger partial charge in [0.1, 0.15) is 0 Å². The molecule has 0 unspecified atom stereocenters. The first-order chi connectivity index (χ1) is 13.8. The molecule has 1 heterocycles. The molecule has 1 aliphatic rings. The van der Waals surface area contributed by atoms with Crippen LogP contribution in [0.3, 0.4) is 0 Å². The first-order valence-corrected chi connectivity index (χ1v) is 10.3. The molecule has 0 N–H and O–H groups in total. The van der Waals surface area contributed by atoms with E-state index in [1.54, 1.807) is 13.8 Å². The third-order valence-corrected chi connectivity index (χ3v) is 6.38. The lowest BCUT2D eigenvalue weighted by Crippen LogP contribution is -2.30. The van der Waals surface area contributed by atoms with Gasteiger partial charge in [-0.3, -0.25) is 0 Å². The van der Waals surface area contributed by atoms with Crippen molar-refractivity contribution in [1.29, 1.82) is 0 Å². The van der Waals surface area contributed by atoms with E-state index in [1.807, 2.05) is 0 Å². The van der Waals surface area contributed by atoms with Crippen LogP contribution in [0, 0.1) is 11.6 Å². The number of benzene rings is 2. The number of cyclic esters (lactones) is 1. The van der Waals surface area contributed by atoms with Crippen molar-refractivity contribution in [3.8, 4) is 0 Å². The molecule has 3 rings (SSSR count). The number of aliphatic imine (C=N–C) groups is 1. The zero-order chi connectivity index (χ0) is 21.2. The number of nitrogens with zero attached hydrogens (tertiary/aromatic N) is 2. The van der Waals surface area contributed by atoms with Crippen LogP contribution in [0.1, 0.15) is 25.0 Å². The molecule has 0 aromatic heterocycles. The van der Waals surface area contributed by atoms with E-state index in [0.29, 0.717) is 18.7 Å². The fourth-order valence-electron chi connectivity index (χ4n) is 2.77. The summed E-state index contributed by atoms with van der Waals surface area (Å²) in [5.74, 6) is -2.79. The maximum atomic E-state index is 13.3. The number of hydrogen-bond donors (Lipinski definition) is 0. The van der Waals surface area contributed by atoms with E-state index in [0.717, 1.165) is 12.1 Å². The normalized spacial score (nSPS) is 15.7. The van der Waals surface area contributed by atoms with Gasteiger partial charge in [0.05, 0.1) is 4.90 Å². The highest BCUT2D eigenvalue weighted by Crippen LogP contribution is 2.22. The van der Waals surface area contributed by atoms with Gasteiger partial charge in [0.25, 0.3) is 0 Å². The highest BCUT2D eigenvalue weighted by Gasteiger charge is 2.26. The molecule has 1 aliphatic heterocycles. The Morgan fingerprint density at radius 2 is 1.69 bits per heavy atom. The summed E-state index contributed by atoms with van der Waals surface area (Å²) in [5, 5.41) is 0. The van der Waals surface area contributed by atoms with Crippen LogP contribution < -0.4 is 0 Å². The summed E-state index contributed by atoms with van der Waals surface area (Å²) >= 11 is 0. The molecule has 0 spiro atoms. The largest absolute Gasteiger partial charge is 0.402 e. The van der Waals surface area contributed by atoms with Crippen LogP contribution >= 0.6 is 0 Å². The molecule has 0 radical (unpaired) electrons. The Hall–Kier alpha value is -2.91. The molecule has 0 saturated carbocycles. The van der Waals surface area contributed by atoms with Gasteiger partial charge in [-0.15, -0.1) is 0 Å². The van der Waals surface area contributed by atoms with Crippen LogP contribution in [0.5, 0.6) is 0 Å². The van der Waals surface area contributed by atoms with Crippen molar-refractivity contribution in [2.24, 2.45) is 4.99 Å². The molecule has 6 nitrogen and oxygen atoms in total. The Balaban J connectivity index is 1.88. The van der Waals surface area contributed by atoms with Gasteiger partial charge in [-0.05, 0) is 48.0 Å². The quantitative estimate of drug-likeness (QED) is 0.531. The standard InChI is InChI=1S/C20H18F2N2O4S/c1-3-24(4-2)29(26,27)15-8-6-14(7-9-15)19-23-18(20(25)28-19)12-13-5-10-16(21)17(22)11-13/h5-12H,3-4H2,1-2H3/b18-12-. The van der Waals surface area contributed by atoms with E-state index in [1.165, 1.54) is 40.7 Å². The smallest absolute Gasteiger partial charge is 0.363 e. The number of halogens is 2. The average molecular weight is 420 g/mol. The van der Waals surface area contributed by atoms with Crippen LogP contribution in [-0.4, -0.2) is 37.7 Å². The summed E-state index contributed by atoms with van der Waals surface area (Å²) in [6.45, 7) is 4.21. The molecule has 2 aromatic rings. The van der Waals surface area contributed by atoms with Gasteiger partial charge in [0.15, 0.2) is 17.3 Å². The van der Waals surface area contributed by atoms with Gasteiger partial charge in [0, 0.05) is 18.7 Å². The zero-order valence-electron chi connectivity index (χ0n) is 15.7. The van der Waals surface area contributed by atoms with Crippen molar-refractivity contribution in [2.75, 3.05) is 13.1 Å². The third kappa shape index (κ3) is 4.25. The summed E-state index contributed by atoms with van der Waals surface area (Å²) < 4.78 is 57.9. The van der Waals surface area contributed by atoms with Gasteiger partial charge in [-0.25, -0.2) is 27.0 Å². The Labute approximate surface area is 167 Å². The number of sulfonamides is 1. The van der Waals surface area contributed by atoms with E-state index >= 15 is 0 Å². The number of esters is 1. The van der Waals surface area contributed by atoms with Crippen molar-refractivity contribution < 1.29 is 26.7 Å². The predicted molar refractivity (Wildman–Crippen MR) is 104 cm³/mol. The fraction of sp³-hybridized carbons (Fsp3) is 0.200. The third-order valence-electron chi connectivity index (χ3n) is 4.31. The molecule has 29 heavy (non-hydrogen) atoms. The topological polar surface area (TPSA) is 76.0 Å². The van der Waals surface area contributed by atoms with E-state index < -0.39 is 27.6 Å². The number of ether oxygens (including phenoxy) is 1. The number of carbonyl (C=O) groups is 1. The molecule has 0 bridgehead atoms. The van der Waals surface area contributed by atoms with Crippen molar-refractivity contribution in [3.63, 3.8) is 0 Å². The predicted octanol–water partition coefficient (Wildman–Crippen LogP) is 3.34. The summed E-state index contributed by atoms with van der Waals surface area (Å²) in [6.07, 6.45) is 1.27. The lowest BCUT2D eigenvalue weighted by molar-refractivity contribution is -0.129. The van der Waals surface area contributed by atoms with E-state index in [9.17, 15) is 22.0 Å². The van der Waals surface area contributed by atoms with E-state index in [4.69, 9.17) is 4.74 Å². The highest BCUT2D eigenvalue weighted by molar-refractivity contribution is 7.89. The van der Waals surface area contributed by atoms with Crippen molar-refractivity contribution >= 4 is 28.0 Å². The van der Waals surface area contributed by atoms with Gasteiger partial charge in [-0.1, -0.05) is 19.9 Å². The number of rotatable bonds is 6. The molecule has 2 aromatic carbocycles. The second-order valence-electron chi connectivity index (χ2n) is 6.12. The lowest BCUT2D eigenvalue weighted by Gasteiger charge is -2.18. The van der Waals surface area contributed by atoms with Crippen molar-refractivity contribution in [3.05, 3.63) is 70.9 Å². The minimum absolute atomic E-state index is 0.00405. The fourth-order valence-corrected chi connectivity index (χ4v) is 4.23. The lowest BCUT2D eigenvalue weighted by atomic mass is 10.2. The second-order valence-corrected chi connectivity index (χ2v) is 8.06. The molecule has 0 amide bonds. The maximum absolute atomic E-state index is 13.3. The van der Waals surface area contributed by atoms with Crippen LogP contribution in [0.15, 0.2) is 58.0 Å². The Morgan fingerprint density at radius 3 is 2.28 bits per heavy atom. The summed E-state index contributed by atoms with van der Waals surface area (Å²) in [6, 6.07) is 9.00. The minimum atomic E-state index is -3.60. The summed E-state index contributed by atoms with van der Waals surface area (Å²) in [7, 11) is -3.60. The van der Waals surface area contributed by atoms with Crippen LogP contribution in [0.2, 0.25) is 0 Å². The minimum Gasteiger partial charge on any atom is -0.402 e. The number of carbonyl (C=O) groups excluding carboxylic acids is 1. The monoisotopic (exact) mass is 420 g/mol. The van der Waals surface area contributed by atoms with E-state index in [2.05, 4.69) is 4.99 Å². The van der Waals surface area contributed by atoms with Crippen LogP contribution in [0.25, 0.3) is 6.08 Å². The SMILES string of the molecule is CCN(CC)S(=O)(=O)c1ccc(C2=N/C(=C\c3ccc(F)c(F)c3)C(=O)O2)cc1. The van der Waals surface area contributed by atoms with Gasteiger partial charge in [-0.2, -0.15) is 4.31 Å². The first-order valence-electron chi connectivity index (χ1n) is 8.84. The first kappa shape index (κ1) is 20.8. The molecule has 0 aliphatic carbocycles.